The number of carbonyl (C=O) groups is 2. The molecule has 2 aliphatic rings. The molecule has 1 aromatic carbocycles. The third kappa shape index (κ3) is 6.07. The molecule has 1 aliphatic heterocycles. The summed E-state index contributed by atoms with van der Waals surface area (Å²) in [4.78, 5) is 33.0. The molecule has 1 saturated heterocycles. The van der Waals surface area contributed by atoms with Crippen LogP contribution in [0.15, 0.2) is 48.7 Å². The number of aliphatic carboxylic acids is 1. The molecule has 2 fully saturated rings. The van der Waals surface area contributed by atoms with Crippen molar-refractivity contribution in [2.24, 2.45) is 11.8 Å². The number of anilines is 2. The number of amides is 1. The van der Waals surface area contributed by atoms with E-state index in [2.05, 4.69) is 27.3 Å². The normalized spacial score (nSPS) is 19.6. The summed E-state index contributed by atoms with van der Waals surface area (Å²) in [6.45, 7) is 2.88. The Balaban J connectivity index is 1.31. The summed E-state index contributed by atoms with van der Waals surface area (Å²) in [5, 5.41) is 13.2. The lowest BCUT2D eigenvalue weighted by Crippen LogP contribution is -2.46. The van der Waals surface area contributed by atoms with E-state index in [0.717, 1.165) is 68.8 Å². The van der Waals surface area contributed by atoms with Crippen LogP contribution in [0.4, 0.5) is 11.5 Å². The number of carboxylic acid groups (broad SMARTS) is 1. The lowest BCUT2D eigenvalue weighted by Gasteiger charge is -2.30. The monoisotopic (exact) mass is 464 g/mol. The summed E-state index contributed by atoms with van der Waals surface area (Å²) < 4.78 is 0. The molecular weight excluding hydrogens is 428 g/mol. The summed E-state index contributed by atoms with van der Waals surface area (Å²) in [5.74, 6) is 0.464. The molecule has 0 bridgehead atoms. The van der Waals surface area contributed by atoms with Crippen LogP contribution < -0.4 is 10.2 Å². The second-order valence-corrected chi connectivity index (χ2v) is 9.71. The average molecular weight is 465 g/mol. The molecule has 7 heteroatoms. The molecular formula is C27H36N4O3. The maximum Gasteiger partial charge on any atom is 0.326 e. The minimum absolute atomic E-state index is 0.0221. The lowest BCUT2D eigenvalue weighted by atomic mass is 9.88. The Kier molecular flexibility index (Phi) is 8.03. The number of aromatic nitrogens is 1. The van der Waals surface area contributed by atoms with Crippen LogP contribution in [-0.2, 0) is 16.0 Å². The van der Waals surface area contributed by atoms with E-state index in [9.17, 15) is 14.7 Å². The highest BCUT2D eigenvalue weighted by Gasteiger charge is 2.32. The van der Waals surface area contributed by atoms with Crippen LogP contribution in [0.5, 0.6) is 0 Å². The Labute approximate surface area is 202 Å². The van der Waals surface area contributed by atoms with Crippen molar-refractivity contribution in [3.63, 3.8) is 0 Å². The molecule has 182 valence electrons. The van der Waals surface area contributed by atoms with Gasteiger partial charge in [0.15, 0.2) is 0 Å². The molecule has 2 unspecified atom stereocenters. The SMILES string of the molecule is CN(C(=O)C1CCCCC1)C(Cc1ccc(N2CCC(CNc3ccccn3)C2)cc1)C(=O)O. The molecule has 1 amide bonds. The molecule has 2 aromatic rings. The molecule has 1 aromatic heterocycles. The van der Waals surface area contributed by atoms with Gasteiger partial charge in [0, 0.05) is 50.9 Å². The van der Waals surface area contributed by atoms with Gasteiger partial charge in [-0.05, 0) is 55.0 Å². The second-order valence-electron chi connectivity index (χ2n) is 9.71. The van der Waals surface area contributed by atoms with Crippen molar-refractivity contribution >= 4 is 23.4 Å². The van der Waals surface area contributed by atoms with E-state index < -0.39 is 12.0 Å². The van der Waals surface area contributed by atoms with Gasteiger partial charge in [0.2, 0.25) is 5.91 Å². The molecule has 2 N–H and O–H groups in total. The summed E-state index contributed by atoms with van der Waals surface area (Å²) in [7, 11) is 1.65. The topological polar surface area (TPSA) is 85.8 Å². The smallest absolute Gasteiger partial charge is 0.326 e. The van der Waals surface area contributed by atoms with Crippen molar-refractivity contribution in [3.05, 3.63) is 54.2 Å². The highest BCUT2D eigenvalue weighted by atomic mass is 16.4. The zero-order valence-corrected chi connectivity index (χ0v) is 20.0. The quantitative estimate of drug-likeness (QED) is 0.582. The van der Waals surface area contributed by atoms with Crippen LogP contribution in [0.1, 0.15) is 44.1 Å². The van der Waals surface area contributed by atoms with Gasteiger partial charge in [-0.2, -0.15) is 0 Å². The molecule has 7 nitrogen and oxygen atoms in total. The summed E-state index contributed by atoms with van der Waals surface area (Å²) in [6.07, 6.45) is 8.26. The fraction of sp³-hybridized carbons (Fsp3) is 0.519. The van der Waals surface area contributed by atoms with Crippen LogP contribution in [0.3, 0.4) is 0 Å². The van der Waals surface area contributed by atoms with E-state index in [1.54, 1.807) is 13.2 Å². The number of benzene rings is 1. The first-order valence-electron chi connectivity index (χ1n) is 12.5. The summed E-state index contributed by atoms with van der Waals surface area (Å²) in [6, 6.07) is 13.2. The van der Waals surface area contributed by atoms with Crippen molar-refractivity contribution < 1.29 is 14.7 Å². The van der Waals surface area contributed by atoms with Crippen LogP contribution in [0, 0.1) is 11.8 Å². The van der Waals surface area contributed by atoms with Crippen LogP contribution in [0.25, 0.3) is 0 Å². The molecule has 4 rings (SSSR count). The summed E-state index contributed by atoms with van der Waals surface area (Å²) >= 11 is 0. The maximum absolute atomic E-state index is 12.9. The number of likely N-dealkylation sites (N-methyl/N-ethyl adjacent to an activating group) is 1. The number of carboxylic acids is 1. The van der Waals surface area contributed by atoms with Crippen LogP contribution in [-0.4, -0.2) is 59.6 Å². The molecule has 2 atom stereocenters. The number of hydrogen-bond donors (Lipinski definition) is 2. The van der Waals surface area contributed by atoms with Crippen molar-refractivity contribution in [2.75, 3.05) is 36.9 Å². The van der Waals surface area contributed by atoms with E-state index in [1.807, 2.05) is 30.3 Å². The fourth-order valence-corrected chi connectivity index (χ4v) is 5.20. The van der Waals surface area contributed by atoms with Crippen LogP contribution >= 0.6 is 0 Å². The van der Waals surface area contributed by atoms with Crippen molar-refractivity contribution in [1.29, 1.82) is 0 Å². The molecule has 0 spiro atoms. The largest absolute Gasteiger partial charge is 0.480 e. The Hall–Kier alpha value is -3.09. The average Bonchev–Trinajstić information content (AvgIpc) is 3.35. The summed E-state index contributed by atoms with van der Waals surface area (Å²) in [5.41, 5.74) is 2.09. The van der Waals surface area contributed by atoms with E-state index in [4.69, 9.17) is 0 Å². The molecule has 1 aliphatic carbocycles. The third-order valence-corrected chi connectivity index (χ3v) is 7.31. The minimum Gasteiger partial charge on any atom is -0.480 e. The zero-order chi connectivity index (χ0) is 23.9. The minimum atomic E-state index is -0.946. The Morgan fingerprint density at radius 1 is 1.12 bits per heavy atom. The highest BCUT2D eigenvalue weighted by molar-refractivity contribution is 5.85. The van der Waals surface area contributed by atoms with Gasteiger partial charge in [-0.25, -0.2) is 9.78 Å². The zero-order valence-electron chi connectivity index (χ0n) is 20.0. The lowest BCUT2D eigenvalue weighted by molar-refractivity contribution is -0.151. The van der Waals surface area contributed by atoms with Crippen molar-refractivity contribution in [2.45, 2.75) is 51.0 Å². The van der Waals surface area contributed by atoms with Crippen LogP contribution in [0.2, 0.25) is 0 Å². The standard InChI is InChI=1S/C27H36N4O3/c1-30(26(32)22-7-3-2-4-8-22)24(27(33)34)17-20-10-12-23(13-11-20)31-16-14-21(19-31)18-29-25-9-5-6-15-28-25/h5-6,9-13,15,21-22,24H,2-4,7-8,14,16-19H2,1H3,(H,28,29)(H,33,34). The first-order chi connectivity index (χ1) is 16.5. The maximum atomic E-state index is 12.9. The Morgan fingerprint density at radius 2 is 1.88 bits per heavy atom. The Bertz CT molecular complexity index is 944. The number of nitrogens with zero attached hydrogens (tertiary/aromatic N) is 3. The van der Waals surface area contributed by atoms with Gasteiger partial charge in [-0.1, -0.05) is 37.5 Å². The van der Waals surface area contributed by atoms with E-state index >= 15 is 0 Å². The van der Waals surface area contributed by atoms with E-state index in [1.165, 1.54) is 11.3 Å². The van der Waals surface area contributed by atoms with Gasteiger partial charge in [0.05, 0.1) is 0 Å². The Morgan fingerprint density at radius 3 is 2.56 bits per heavy atom. The van der Waals surface area contributed by atoms with Gasteiger partial charge in [-0.15, -0.1) is 0 Å². The van der Waals surface area contributed by atoms with E-state index in [-0.39, 0.29) is 11.8 Å². The van der Waals surface area contributed by atoms with E-state index in [0.29, 0.717) is 12.3 Å². The van der Waals surface area contributed by atoms with Gasteiger partial charge >= 0.3 is 5.97 Å². The number of nitrogens with one attached hydrogen (secondary N) is 1. The second kappa shape index (κ2) is 11.4. The first kappa shape index (κ1) is 24.0. The number of carbonyl (C=O) groups excluding carboxylic acids is 1. The molecule has 1 saturated carbocycles. The van der Waals surface area contributed by atoms with Gasteiger partial charge < -0.3 is 20.2 Å². The third-order valence-electron chi connectivity index (χ3n) is 7.31. The van der Waals surface area contributed by atoms with Gasteiger partial charge in [0.25, 0.3) is 0 Å². The predicted molar refractivity (Wildman–Crippen MR) is 134 cm³/mol. The molecule has 0 radical (unpaired) electrons. The number of pyridine rings is 1. The first-order valence-corrected chi connectivity index (χ1v) is 12.5. The molecule has 34 heavy (non-hydrogen) atoms. The number of rotatable bonds is 9. The van der Waals surface area contributed by atoms with Gasteiger partial charge in [-0.3, -0.25) is 4.79 Å². The predicted octanol–water partition coefficient (Wildman–Crippen LogP) is 4.05. The molecule has 2 heterocycles. The van der Waals surface area contributed by atoms with Crippen molar-refractivity contribution in [3.8, 4) is 0 Å². The highest BCUT2D eigenvalue weighted by Crippen LogP contribution is 2.27. The fourth-order valence-electron chi connectivity index (χ4n) is 5.20. The number of hydrogen-bond acceptors (Lipinski definition) is 5. The van der Waals surface area contributed by atoms with Crippen molar-refractivity contribution in [1.82, 2.24) is 9.88 Å². The van der Waals surface area contributed by atoms with Gasteiger partial charge in [0.1, 0.15) is 11.9 Å².